The highest BCUT2D eigenvalue weighted by Crippen LogP contribution is 2.28. The number of hydrogen-bond acceptors (Lipinski definition) is 4. The summed E-state index contributed by atoms with van der Waals surface area (Å²) in [6.07, 6.45) is 3.07. The predicted molar refractivity (Wildman–Crippen MR) is 123 cm³/mol. The molecule has 0 radical (unpaired) electrons. The maximum absolute atomic E-state index is 13.4. The van der Waals surface area contributed by atoms with E-state index in [1.807, 2.05) is 11.7 Å². The lowest BCUT2D eigenvalue weighted by Gasteiger charge is -2.28. The number of benzene rings is 1. The van der Waals surface area contributed by atoms with Crippen molar-refractivity contribution >= 4 is 29.2 Å². The van der Waals surface area contributed by atoms with E-state index in [0.717, 1.165) is 30.9 Å². The molecular formula is C23H28ClFN6O2. The first-order valence-electron chi connectivity index (χ1n) is 11.5. The number of nitrogens with zero attached hydrogens (tertiary/aromatic N) is 5. The Hall–Kier alpha value is -2.65. The second-order valence-electron chi connectivity index (χ2n) is 9.25. The van der Waals surface area contributed by atoms with E-state index in [1.165, 1.54) is 31.0 Å². The molecule has 1 atom stereocenters. The summed E-state index contributed by atoms with van der Waals surface area (Å²) in [5.74, 6) is -0.256. The number of carbonyl (C=O) groups is 2. The van der Waals surface area contributed by atoms with Gasteiger partial charge in [-0.15, -0.1) is 0 Å². The number of anilines is 1. The molecule has 3 aliphatic rings. The predicted octanol–water partition coefficient (Wildman–Crippen LogP) is 3.06. The third-order valence-corrected chi connectivity index (χ3v) is 7.08. The van der Waals surface area contributed by atoms with Crippen LogP contribution in [0.2, 0.25) is 5.02 Å². The lowest BCUT2D eigenvalue weighted by molar-refractivity contribution is 0.0771. The average Bonchev–Trinajstić information content (AvgIpc) is 3.40. The third-order valence-electron chi connectivity index (χ3n) is 6.79. The summed E-state index contributed by atoms with van der Waals surface area (Å²) in [6.45, 7) is 5.42. The first-order valence-corrected chi connectivity index (χ1v) is 11.8. The molecule has 176 valence electrons. The number of amides is 3. The van der Waals surface area contributed by atoms with Crippen molar-refractivity contribution in [3.63, 3.8) is 0 Å². The number of halogens is 2. The molecule has 5 rings (SSSR count). The Morgan fingerprint density at radius 2 is 2.03 bits per heavy atom. The summed E-state index contributed by atoms with van der Waals surface area (Å²) < 4.78 is 15.3. The van der Waals surface area contributed by atoms with Gasteiger partial charge in [-0.1, -0.05) is 11.6 Å². The summed E-state index contributed by atoms with van der Waals surface area (Å²) >= 11 is 5.83. The summed E-state index contributed by atoms with van der Waals surface area (Å²) in [4.78, 5) is 32.1. The highest BCUT2D eigenvalue weighted by atomic mass is 35.5. The summed E-state index contributed by atoms with van der Waals surface area (Å²) in [5.41, 5.74) is 2.74. The Morgan fingerprint density at radius 1 is 1.24 bits per heavy atom. The number of urea groups is 1. The standard InChI is InChI=1S/C23H28ClFN6O2/c1-28-11-15(12-29-7-2-3-8-29)13-31-21(22(28)32)17-14-30(9-6-20(17)27-31)23(33)26-16-4-5-19(25)18(24)10-16/h4-5,10,15H,2-3,6-9,11-14H2,1H3,(H,26,33). The molecule has 1 fully saturated rings. The topological polar surface area (TPSA) is 73.7 Å². The van der Waals surface area contributed by atoms with Crippen LogP contribution in [0.15, 0.2) is 18.2 Å². The van der Waals surface area contributed by atoms with Gasteiger partial charge in [-0.25, -0.2) is 9.18 Å². The van der Waals surface area contributed by atoms with Gasteiger partial charge < -0.3 is 20.0 Å². The SMILES string of the molecule is CN1CC(CN2CCCC2)Cn2nc3c(c2C1=O)CN(C(=O)Nc1ccc(F)c(Cl)c1)CC3. The number of hydrogen-bond donors (Lipinski definition) is 1. The molecule has 1 unspecified atom stereocenters. The number of likely N-dealkylation sites (tertiary alicyclic amines) is 1. The summed E-state index contributed by atoms with van der Waals surface area (Å²) in [6, 6.07) is 3.76. The Balaban J connectivity index is 1.34. The van der Waals surface area contributed by atoms with Gasteiger partial charge in [0.05, 0.1) is 17.3 Å². The second-order valence-corrected chi connectivity index (χ2v) is 9.65. The van der Waals surface area contributed by atoms with Crippen molar-refractivity contribution in [1.29, 1.82) is 0 Å². The average molecular weight is 475 g/mol. The van der Waals surface area contributed by atoms with Crippen LogP contribution in [0.25, 0.3) is 0 Å². The molecule has 33 heavy (non-hydrogen) atoms. The summed E-state index contributed by atoms with van der Waals surface area (Å²) in [7, 11) is 1.85. The van der Waals surface area contributed by atoms with E-state index >= 15 is 0 Å². The van der Waals surface area contributed by atoms with E-state index in [-0.39, 0.29) is 17.0 Å². The first-order chi connectivity index (χ1) is 15.9. The Kier molecular flexibility index (Phi) is 6.01. The molecular weight excluding hydrogens is 447 g/mol. The molecule has 0 bridgehead atoms. The molecule has 1 aromatic carbocycles. The van der Waals surface area contributed by atoms with Crippen LogP contribution in [0.1, 0.15) is 34.6 Å². The van der Waals surface area contributed by atoms with Gasteiger partial charge >= 0.3 is 6.03 Å². The van der Waals surface area contributed by atoms with Crippen molar-refractivity contribution in [2.24, 2.45) is 5.92 Å². The number of carbonyl (C=O) groups excluding carboxylic acids is 2. The molecule has 1 aromatic heterocycles. The summed E-state index contributed by atoms with van der Waals surface area (Å²) in [5, 5.41) is 7.52. The largest absolute Gasteiger partial charge is 0.340 e. The number of aromatic nitrogens is 2. The molecule has 10 heteroatoms. The van der Waals surface area contributed by atoms with Crippen LogP contribution < -0.4 is 5.32 Å². The first kappa shape index (κ1) is 22.2. The molecule has 0 spiro atoms. The fourth-order valence-electron chi connectivity index (χ4n) is 5.15. The quantitative estimate of drug-likeness (QED) is 0.742. The highest BCUT2D eigenvalue weighted by molar-refractivity contribution is 6.31. The van der Waals surface area contributed by atoms with Crippen LogP contribution in [0.4, 0.5) is 14.9 Å². The Bertz CT molecular complexity index is 1080. The Labute approximate surface area is 197 Å². The van der Waals surface area contributed by atoms with Crippen LogP contribution in [0.5, 0.6) is 0 Å². The zero-order chi connectivity index (χ0) is 23.1. The zero-order valence-corrected chi connectivity index (χ0v) is 19.4. The number of rotatable bonds is 3. The minimum atomic E-state index is -0.537. The van der Waals surface area contributed by atoms with Crippen LogP contribution in [0.3, 0.4) is 0 Å². The molecule has 8 nitrogen and oxygen atoms in total. The normalized spacial score (nSPS) is 21.1. The maximum Gasteiger partial charge on any atom is 0.322 e. The van der Waals surface area contributed by atoms with Gasteiger partial charge in [-0.05, 0) is 44.1 Å². The molecule has 4 heterocycles. The van der Waals surface area contributed by atoms with Crippen molar-refractivity contribution in [2.75, 3.05) is 45.1 Å². The van der Waals surface area contributed by atoms with Crippen molar-refractivity contribution in [2.45, 2.75) is 32.4 Å². The zero-order valence-electron chi connectivity index (χ0n) is 18.7. The van der Waals surface area contributed by atoms with E-state index < -0.39 is 5.82 Å². The van der Waals surface area contributed by atoms with Gasteiger partial charge in [0.2, 0.25) is 0 Å². The molecule has 2 aromatic rings. The van der Waals surface area contributed by atoms with E-state index in [1.54, 1.807) is 9.80 Å². The molecule has 3 aliphatic heterocycles. The number of fused-ring (bicyclic) bond motifs is 3. The molecule has 0 aliphatic carbocycles. The van der Waals surface area contributed by atoms with E-state index in [4.69, 9.17) is 16.7 Å². The second kappa shape index (κ2) is 8.95. The monoisotopic (exact) mass is 474 g/mol. The minimum absolute atomic E-state index is 0.0414. The van der Waals surface area contributed by atoms with Crippen molar-refractivity contribution in [1.82, 2.24) is 24.5 Å². The maximum atomic E-state index is 13.4. The van der Waals surface area contributed by atoms with Gasteiger partial charge in [0.25, 0.3) is 5.91 Å². The molecule has 1 N–H and O–H groups in total. The van der Waals surface area contributed by atoms with Crippen LogP contribution in [-0.4, -0.2) is 76.2 Å². The van der Waals surface area contributed by atoms with Crippen LogP contribution in [-0.2, 0) is 19.5 Å². The third kappa shape index (κ3) is 4.44. The highest BCUT2D eigenvalue weighted by Gasteiger charge is 2.35. The molecule has 3 amide bonds. The molecule has 1 saturated heterocycles. The van der Waals surface area contributed by atoms with Crippen LogP contribution in [0, 0.1) is 11.7 Å². The van der Waals surface area contributed by atoms with Crippen LogP contribution >= 0.6 is 11.6 Å². The lowest BCUT2D eigenvalue weighted by Crippen LogP contribution is -2.40. The van der Waals surface area contributed by atoms with Gasteiger partial charge in [-0.3, -0.25) is 9.48 Å². The fourth-order valence-corrected chi connectivity index (χ4v) is 5.33. The van der Waals surface area contributed by atoms with Crippen molar-refractivity contribution < 1.29 is 14.0 Å². The van der Waals surface area contributed by atoms with Gasteiger partial charge in [-0.2, -0.15) is 5.10 Å². The smallest absolute Gasteiger partial charge is 0.322 e. The van der Waals surface area contributed by atoms with E-state index in [0.29, 0.717) is 49.9 Å². The van der Waals surface area contributed by atoms with Gasteiger partial charge in [0.15, 0.2) is 0 Å². The Morgan fingerprint density at radius 3 is 2.79 bits per heavy atom. The van der Waals surface area contributed by atoms with E-state index in [2.05, 4.69) is 10.2 Å². The van der Waals surface area contributed by atoms with Gasteiger partial charge in [0, 0.05) is 56.8 Å². The fraction of sp³-hybridized carbons (Fsp3) is 0.522. The minimum Gasteiger partial charge on any atom is -0.340 e. The van der Waals surface area contributed by atoms with Crippen molar-refractivity contribution in [3.8, 4) is 0 Å². The van der Waals surface area contributed by atoms with Crippen molar-refractivity contribution in [3.05, 3.63) is 46.0 Å². The molecule has 0 saturated carbocycles. The van der Waals surface area contributed by atoms with Gasteiger partial charge in [0.1, 0.15) is 11.5 Å². The number of nitrogens with one attached hydrogen (secondary N) is 1. The lowest BCUT2D eigenvalue weighted by atomic mass is 10.0. The van der Waals surface area contributed by atoms with E-state index in [9.17, 15) is 14.0 Å².